The van der Waals surface area contributed by atoms with Gasteiger partial charge in [0.25, 0.3) is 0 Å². The molecule has 0 unspecified atom stereocenters. The molecule has 0 aliphatic carbocycles. The van der Waals surface area contributed by atoms with E-state index < -0.39 is 0 Å². The van der Waals surface area contributed by atoms with Crippen LogP contribution in [0.2, 0.25) is 0 Å². The van der Waals surface area contributed by atoms with Gasteiger partial charge >= 0.3 is 0 Å². The van der Waals surface area contributed by atoms with Crippen LogP contribution in [0.4, 0.5) is 11.4 Å². The molecule has 0 amide bonds. The third-order valence-corrected chi connectivity index (χ3v) is 2.62. The lowest BCUT2D eigenvalue weighted by atomic mass is 10.2. The minimum absolute atomic E-state index is 0.843. The van der Waals surface area contributed by atoms with E-state index >= 15 is 0 Å². The molecule has 0 spiro atoms. The SMILES string of the molecule is Cc1ccc(N=Nc2cccc(Br)c2)cc1. The summed E-state index contributed by atoms with van der Waals surface area (Å²) >= 11 is 3.40. The van der Waals surface area contributed by atoms with E-state index in [2.05, 4.69) is 33.1 Å². The Bertz CT molecular complexity index is 504. The summed E-state index contributed by atoms with van der Waals surface area (Å²) < 4.78 is 1.01. The van der Waals surface area contributed by atoms with E-state index in [1.165, 1.54) is 5.56 Å². The lowest BCUT2D eigenvalue weighted by molar-refractivity contribution is 1.22. The summed E-state index contributed by atoms with van der Waals surface area (Å²) in [6, 6.07) is 15.7. The number of hydrogen-bond donors (Lipinski definition) is 0. The largest absolute Gasteiger partial charge is 0.151 e. The molecule has 2 nitrogen and oxygen atoms in total. The average molecular weight is 275 g/mol. The monoisotopic (exact) mass is 274 g/mol. The Balaban J connectivity index is 2.18. The van der Waals surface area contributed by atoms with Gasteiger partial charge in [0.2, 0.25) is 0 Å². The number of halogens is 1. The summed E-state index contributed by atoms with van der Waals surface area (Å²) in [6.07, 6.45) is 0. The van der Waals surface area contributed by atoms with Gasteiger partial charge in [0.1, 0.15) is 0 Å². The second-order valence-electron chi connectivity index (χ2n) is 3.52. The van der Waals surface area contributed by atoms with Crippen LogP contribution in [0.1, 0.15) is 5.56 Å². The lowest BCUT2D eigenvalue weighted by Gasteiger charge is -1.95. The Morgan fingerprint density at radius 3 is 2.25 bits per heavy atom. The van der Waals surface area contributed by atoms with Crippen molar-refractivity contribution in [2.24, 2.45) is 10.2 Å². The molecule has 2 aromatic carbocycles. The molecule has 0 saturated heterocycles. The maximum atomic E-state index is 4.16. The highest BCUT2D eigenvalue weighted by Crippen LogP contribution is 2.21. The normalized spacial score (nSPS) is 10.9. The van der Waals surface area contributed by atoms with Gasteiger partial charge in [-0.2, -0.15) is 10.2 Å². The third kappa shape index (κ3) is 3.00. The second kappa shape index (κ2) is 5.03. The van der Waals surface area contributed by atoms with Gasteiger partial charge < -0.3 is 0 Å². The topological polar surface area (TPSA) is 24.7 Å². The first-order chi connectivity index (χ1) is 7.74. The standard InChI is InChI=1S/C13H11BrN2/c1-10-5-7-12(8-6-10)15-16-13-4-2-3-11(14)9-13/h2-9H,1H3. The third-order valence-electron chi connectivity index (χ3n) is 2.12. The Morgan fingerprint density at radius 2 is 1.56 bits per heavy atom. The molecule has 2 rings (SSSR count). The molecule has 0 radical (unpaired) electrons. The number of rotatable bonds is 2. The van der Waals surface area contributed by atoms with Crippen LogP contribution in [-0.2, 0) is 0 Å². The minimum atomic E-state index is 0.843. The van der Waals surface area contributed by atoms with Crippen LogP contribution in [0.3, 0.4) is 0 Å². The van der Waals surface area contributed by atoms with Gasteiger partial charge in [0.05, 0.1) is 11.4 Å². The summed E-state index contributed by atoms with van der Waals surface area (Å²) in [7, 11) is 0. The van der Waals surface area contributed by atoms with Crippen molar-refractivity contribution >= 4 is 27.3 Å². The predicted octanol–water partition coefficient (Wildman–Crippen LogP) is 5.17. The van der Waals surface area contributed by atoms with Gasteiger partial charge in [0.15, 0.2) is 0 Å². The van der Waals surface area contributed by atoms with E-state index in [9.17, 15) is 0 Å². The first-order valence-electron chi connectivity index (χ1n) is 4.98. The maximum absolute atomic E-state index is 4.16. The first-order valence-corrected chi connectivity index (χ1v) is 5.77. The Hall–Kier alpha value is -1.48. The van der Waals surface area contributed by atoms with Crippen LogP contribution in [0.5, 0.6) is 0 Å². The molecule has 80 valence electrons. The van der Waals surface area contributed by atoms with Gasteiger partial charge in [-0.05, 0) is 37.3 Å². The molecule has 0 fully saturated rings. The van der Waals surface area contributed by atoms with E-state index in [0.717, 1.165) is 15.8 Å². The number of nitrogens with zero attached hydrogens (tertiary/aromatic N) is 2. The van der Waals surface area contributed by atoms with Crippen molar-refractivity contribution in [1.82, 2.24) is 0 Å². The highest BCUT2D eigenvalue weighted by atomic mass is 79.9. The van der Waals surface area contributed by atoms with Gasteiger partial charge in [-0.15, -0.1) is 0 Å². The molecule has 0 heterocycles. The summed E-state index contributed by atoms with van der Waals surface area (Å²) in [5.74, 6) is 0. The number of hydrogen-bond acceptors (Lipinski definition) is 2. The maximum Gasteiger partial charge on any atom is 0.0868 e. The number of aryl methyl sites for hydroxylation is 1. The zero-order chi connectivity index (χ0) is 11.4. The Morgan fingerprint density at radius 1 is 0.875 bits per heavy atom. The van der Waals surface area contributed by atoms with Gasteiger partial charge in [0, 0.05) is 4.47 Å². The summed E-state index contributed by atoms with van der Waals surface area (Å²) in [5.41, 5.74) is 2.93. The van der Waals surface area contributed by atoms with Crippen molar-refractivity contribution in [1.29, 1.82) is 0 Å². The zero-order valence-corrected chi connectivity index (χ0v) is 10.5. The predicted molar refractivity (Wildman–Crippen MR) is 69.5 cm³/mol. The molecule has 2 aromatic rings. The average Bonchev–Trinajstić information content (AvgIpc) is 2.28. The van der Waals surface area contributed by atoms with E-state index in [1.807, 2.05) is 48.5 Å². The molecule has 0 aliphatic heterocycles. The van der Waals surface area contributed by atoms with Crippen molar-refractivity contribution in [3.63, 3.8) is 0 Å². The Kier molecular flexibility index (Phi) is 3.47. The molecular weight excluding hydrogens is 264 g/mol. The van der Waals surface area contributed by atoms with Crippen LogP contribution in [0.25, 0.3) is 0 Å². The van der Waals surface area contributed by atoms with Crippen molar-refractivity contribution in [2.45, 2.75) is 6.92 Å². The van der Waals surface area contributed by atoms with Crippen molar-refractivity contribution < 1.29 is 0 Å². The fourth-order valence-electron chi connectivity index (χ4n) is 1.27. The number of benzene rings is 2. The van der Waals surface area contributed by atoms with E-state index in [-0.39, 0.29) is 0 Å². The van der Waals surface area contributed by atoms with Crippen molar-refractivity contribution in [3.05, 3.63) is 58.6 Å². The molecule has 0 aromatic heterocycles. The smallest absolute Gasteiger partial charge is 0.0868 e. The van der Waals surface area contributed by atoms with E-state index in [1.54, 1.807) is 0 Å². The molecule has 0 aliphatic rings. The molecule has 0 atom stereocenters. The van der Waals surface area contributed by atoms with E-state index in [4.69, 9.17) is 0 Å². The highest BCUT2D eigenvalue weighted by Gasteiger charge is 1.91. The quantitative estimate of drug-likeness (QED) is 0.675. The van der Waals surface area contributed by atoms with Crippen molar-refractivity contribution in [3.8, 4) is 0 Å². The van der Waals surface area contributed by atoms with Gasteiger partial charge in [-0.25, -0.2) is 0 Å². The molecular formula is C13H11BrN2. The van der Waals surface area contributed by atoms with Crippen LogP contribution < -0.4 is 0 Å². The van der Waals surface area contributed by atoms with Gasteiger partial charge in [-0.3, -0.25) is 0 Å². The van der Waals surface area contributed by atoms with Crippen LogP contribution in [0.15, 0.2) is 63.2 Å². The second-order valence-corrected chi connectivity index (χ2v) is 4.43. The zero-order valence-electron chi connectivity index (χ0n) is 8.89. The van der Waals surface area contributed by atoms with Gasteiger partial charge in [-0.1, -0.05) is 39.7 Å². The minimum Gasteiger partial charge on any atom is -0.151 e. The summed E-state index contributed by atoms with van der Waals surface area (Å²) in [5, 5.41) is 8.32. The van der Waals surface area contributed by atoms with Crippen LogP contribution in [0, 0.1) is 6.92 Å². The van der Waals surface area contributed by atoms with Crippen LogP contribution in [-0.4, -0.2) is 0 Å². The fourth-order valence-corrected chi connectivity index (χ4v) is 1.65. The van der Waals surface area contributed by atoms with Crippen LogP contribution >= 0.6 is 15.9 Å². The molecule has 0 saturated carbocycles. The number of azo groups is 1. The molecule has 0 N–H and O–H groups in total. The fraction of sp³-hybridized carbons (Fsp3) is 0.0769. The molecule has 3 heteroatoms. The van der Waals surface area contributed by atoms with E-state index in [0.29, 0.717) is 0 Å². The molecule has 16 heavy (non-hydrogen) atoms. The lowest BCUT2D eigenvalue weighted by Crippen LogP contribution is -1.68. The van der Waals surface area contributed by atoms with Crippen molar-refractivity contribution in [2.75, 3.05) is 0 Å². The summed E-state index contributed by atoms with van der Waals surface area (Å²) in [6.45, 7) is 2.05. The summed E-state index contributed by atoms with van der Waals surface area (Å²) in [4.78, 5) is 0. The highest BCUT2D eigenvalue weighted by molar-refractivity contribution is 9.10. The first kappa shape index (κ1) is 11.0. The molecule has 0 bridgehead atoms. The Labute approximate surface area is 103 Å².